The summed E-state index contributed by atoms with van der Waals surface area (Å²) >= 11 is 0. The number of primary amides is 1. The molecule has 2 N–H and O–H groups in total. The van der Waals surface area contributed by atoms with Gasteiger partial charge in [-0.25, -0.2) is 4.68 Å². The number of nitrogens with zero attached hydrogens (tertiary/aromatic N) is 6. The van der Waals surface area contributed by atoms with Gasteiger partial charge in [-0.3, -0.25) is 14.5 Å². The number of carbonyl (C=O) groups is 2. The maximum atomic E-state index is 12.8. The smallest absolute Gasteiger partial charge is 0.231 e. The number of benzene rings is 1. The summed E-state index contributed by atoms with van der Waals surface area (Å²) in [6, 6.07) is 10.4. The predicted octanol–water partition coefficient (Wildman–Crippen LogP) is -0.0583. The number of hydrogen-bond donors (Lipinski definition) is 1. The number of aryl methyl sites for hydroxylation is 2. The molecule has 0 bridgehead atoms. The first kappa shape index (κ1) is 19.5. The van der Waals surface area contributed by atoms with Crippen molar-refractivity contribution in [1.82, 2.24) is 30.0 Å². The first-order chi connectivity index (χ1) is 14.0. The van der Waals surface area contributed by atoms with Crippen molar-refractivity contribution in [2.75, 3.05) is 32.7 Å². The lowest BCUT2D eigenvalue weighted by Crippen LogP contribution is -2.39. The quantitative estimate of drug-likeness (QED) is 0.668. The van der Waals surface area contributed by atoms with Crippen molar-refractivity contribution in [1.29, 1.82) is 0 Å². The van der Waals surface area contributed by atoms with Crippen LogP contribution in [0.5, 0.6) is 0 Å². The average Bonchev–Trinajstić information content (AvgIpc) is 3.40. The zero-order chi connectivity index (χ0) is 20.3. The number of likely N-dealkylation sites (tertiary alicyclic amines) is 2. The lowest BCUT2D eigenvalue weighted by atomic mass is 9.76. The molecule has 0 saturated carbocycles. The topological polar surface area (TPSA) is 110 Å². The van der Waals surface area contributed by atoms with Gasteiger partial charge in [0.1, 0.15) is 6.33 Å². The van der Waals surface area contributed by atoms with E-state index in [1.807, 2.05) is 11.0 Å². The summed E-state index contributed by atoms with van der Waals surface area (Å²) in [6.07, 6.45) is 3.87. The molecule has 2 aliphatic heterocycles. The minimum Gasteiger partial charge on any atom is -0.369 e. The zero-order valence-corrected chi connectivity index (χ0v) is 16.5. The van der Waals surface area contributed by atoms with Crippen molar-refractivity contribution in [3.8, 4) is 0 Å². The number of aromatic nitrogens is 4. The number of tetrazole rings is 1. The molecule has 0 radical (unpaired) electrons. The molecule has 2 aromatic rings. The Morgan fingerprint density at radius 3 is 2.72 bits per heavy atom. The van der Waals surface area contributed by atoms with Crippen molar-refractivity contribution in [3.05, 3.63) is 42.2 Å². The van der Waals surface area contributed by atoms with Crippen LogP contribution in [0.1, 0.15) is 18.4 Å². The van der Waals surface area contributed by atoms with Crippen molar-refractivity contribution >= 4 is 11.8 Å². The normalized spacial score (nSPS) is 24.0. The number of hydrogen-bond acceptors (Lipinski definition) is 6. The van der Waals surface area contributed by atoms with Gasteiger partial charge in [0.05, 0.1) is 13.1 Å². The molecule has 4 rings (SSSR count). The Bertz CT molecular complexity index is 842. The Balaban J connectivity index is 1.42. The van der Waals surface area contributed by atoms with E-state index in [0.29, 0.717) is 18.9 Å². The molecule has 2 amide bonds. The van der Waals surface area contributed by atoms with Crippen molar-refractivity contribution in [2.45, 2.75) is 25.8 Å². The van der Waals surface area contributed by atoms with E-state index in [9.17, 15) is 9.59 Å². The third kappa shape index (κ3) is 4.45. The number of rotatable bonds is 8. The minimum absolute atomic E-state index is 0.00968. The van der Waals surface area contributed by atoms with E-state index < -0.39 is 0 Å². The molecule has 1 aromatic carbocycles. The van der Waals surface area contributed by atoms with Crippen LogP contribution < -0.4 is 5.73 Å². The van der Waals surface area contributed by atoms with Gasteiger partial charge >= 0.3 is 0 Å². The largest absolute Gasteiger partial charge is 0.369 e. The predicted molar refractivity (Wildman–Crippen MR) is 105 cm³/mol. The number of carbonyl (C=O) groups excluding carboxylic acids is 2. The third-order valence-corrected chi connectivity index (χ3v) is 6.26. The van der Waals surface area contributed by atoms with Crippen molar-refractivity contribution in [3.63, 3.8) is 0 Å². The van der Waals surface area contributed by atoms with Crippen LogP contribution in [0.25, 0.3) is 0 Å². The Morgan fingerprint density at radius 2 is 2.00 bits per heavy atom. The molecule has 9 heteroatoms. The molecule has 2 saturated heterocycles. The minimum atomic E-state index is -0.294. The highest BCUT2D eigenvalue weighted by molar-refractivity contribution is 5.77. The third-order valence-electron chi connectivity index (χ3n) is 6.26. The summed E-state index contributed by atoms with van der Waals surface area (Å²) in [4.78, 5) is 28.4. The highest BCUT2D eigenvalue weighted by atomic mass is 16.2. The van der Waals surface area contributed by atoms with Crippen molar-refractivity contribution < 1.29 is 9.59 Å². The van der Waals surface area contributed by atoms with Crippen LogP contribution in [0.2, 0.25) is 0 Å². The van der Waals surface area contributed by atoms with Crippen LogP contribution in [0, 0.1) is 11.3 Å². The lowest BCUT2D eigenvalue weighted by Gasteiger charge is -2.29. The van der Waals surface area contributed by atoms with Crippen LogP contribution >= 0.6 is 0 Å². The second-order valence-corrected chi connectivity index (χ2v) is 8.28. The summed E-state index contributed by atoms with van der Waals surface area (Å²) in [5.74, 6) is 0.204. The fraction of sp³-hybridized carbons (Fsp3) is 0.550. The standard InChI is InChI=1S/C20H27N7O2/c21-18(28)12-25-10-17-11-26(19(29)7-9-27-15-22-23-24-27)14-20(17,13-25)8-6-16-4-2-1-3-5-16/h1-5,15,17H,6-14H2,(H2,21,28). The molecular weight excluding hydrogens is 370 g/mol. The van der Waals surface area contributed by atoms with Gasteiger partial charge in [-0.15, -0.1) is 5.10 Å². The molecule has 2 unspecified atom stereocenters. The summed E-state index contributed by atoms with van der Waals surface area (Å²) in [5, 5.41) is 11.0. The summed E-state index contributed by atoms with van der Waals surface area (Å²) in [6.45, 7) is 3.86. The Hall–Kier alpha value is -2.81. The molecule has 0 aliphatic carbocycles. The van der Waals surface area contributed by atoms with Crippen LogP contribution in [0.15, 0.2) is 36.7 Å². The molecule has 9 nitrogen and oxygen atoms in total. The number of fused-ring (bicyclic) bond motifs is 1. The SMILES string of the molecule is NC(=O)CN1CC2CN(C(=O)CCn3cnnn3)CC2(CCc2ccccc2)C1. The fourth-order valence-corrected chi connectivity index (χ4v) is 4.87. The van der Waals surface area contributed by atoms with E-state index in [1.165, 1.54) is 11.9 Å². The maximum absolute atomic E-state index is 12.8. The average molecular weight is 397 g/mol. The van der Waals surface area contributed by atoms with Crippen LogP contribution in [-0.2, 0) is 22.6 Å². The van der Waals surface area contributed by atoms with E-state index in [0.717, 1.165) is 39.0 Å². The van der Waals surface area contributed by atoms with Gasteiger partial charge in [0.15, 0.2) is 0 Å². The van der Waals surface area contributed by atoms with Gasteiger partial charge in [0, 0.05) is 38.0 Å². The van der Waals surface area contributed by atoms with Crippen molar-refractivity contribution in [2.24, 2.45) is 17.1 Å². The van der Waals surface area contributed by atoms with Crippen LogP contribution in [0.4, 0.5) is 0 Å². The Labute approximate surface area is 169 Å². The first-order valence-electron chi connectivity index (χ1n) is 10.1. The number of amides is 2. The molecule has 0 spiro atoms. The van der Waals surface area contributed by atoms with E-state index >= 15 is 0 Å². The first-order valence-corrected chi connectivity index (χ1v) is 10.1. The molecule has 3 heterocycles. The molecular formula is C20H27N7O2. The zero-order valence-electron chi connectivity index (χ0n) is 16.5. The summed E-state index contributed by atoms with van der Waals surface area (Å²) < 4.78 is 1.58. The van der Waals surface area contributed by atoms with E-state index in [2.05, 4.69) is 44.7 Å². The summed E-state index contributed by atoms with van der Waals surface area (Å²) in [5.41, 5.74) is 6.74. The van der Waals surface area contributed by atoms with Crippen LogP contribution in [0.3, 0.4) is 0 Å². The van der Waals surface area contributed by atoms with Gasteiger partial charge in [-0.2, -0.15) is 0 Å². The Kier molecular flexibility index (Phi) is 5.57. The molecule has 2 fully saturated rings. The fourth-order valence-electron chi connectivity index (χ4n) is 4.87. The number of nitrogens with two attached hydrogens (primary N) is 1. The molecule has 2 atom stereocenters. The van der Waals surface area contributed by atoms with E-state index in [4.69, 9.17) is 5.73 Å². The highest BCUT2D eigenvalue weighted by Crippen LogP contribution is 2.45. The summed E-state index contributed by atoms with van der Waals surface area (Å²) in [7, 11) is 0. The van der Waals surface area contributed by atoms with Gasteiger partial charge < -0.3 is 10.6 Å². The second kappa shape index (κ2) is 8.28. The lowest BCUT2D eigenvalue weighted by molar-refractivity contribution is -0.131. The molecule has 2 aliphatic rings. The van der Waals surface area contributed by atoms with Gasteiger partial charge in [-0.1, -0.05) is 30.3 Å². The van der Waals surface area contributed by atoms with E-state index in [-0.39, 0.29) is 23.8 Å². The molecule has 29 heavy (non-hydrogen) atoms. The van der Waals surface area contributed by atoms with Gasteiger partial charge in [0.25, 0.3) is 0 Å². The van der Waals surface area contributed by atoms with Gasteiger partial charge in [-0.05, 0) is 34.7 Å². The highest BCUT2D eigenvalue weighted by Gasteiger charge is 2.52. The maximum Gasteiger partial charge on any atom is 0.231 e. The Morgan fingerprint density at radius 1 is 1.17 bits per heavy atom. The van der Waals surface area contributed by atoms with Gasteiger partial charge in [0.2, 0.25) is 11.8 Å². The molecule has 1 aromatic heterocycles. The molecule has 154 valence electrons. The monoisotopic (exact) mass is 397 g/mol. The van der Waals surface area contributed by atoms with E-state index in [1.54, 1.807) is 4.68 Å². The second-order valence-electron chi connectivity index (χ2n) is 8.28. The van der Waals surface area contributed by atoms with Crippen LogP contribution in [-0.4, -0.2) is 74.5 Å².